The van der Waals surface area contributed by atoms with Crippen molar-refractivity contribution in [1.29, 1.82) is 0 Å². The number of anilines is 1. The molecular formula is C32H40FN3O5S. The second-order valence-electron chi connectivity index (χ2n) is 10.1. The lowest BCUT2D eigenvalue weighted by molar-refractivity contribution is -0.140. The summed E-state index contributed by atoms with van der Waals surface area (Å²) in [5, 5.41) is 2.96. The van der Waals surface area contributed by atoms with Crippen LogP contribution in [-0.2, 0) is 26.2 Å². The lowest BCUT2D eigenvalue weighted by Crippen LogP contribution is -2.53. The predicted molar refractivity (Wildman–Crippen MR) is 162 cm³/mol. The first-order valence-electron chi connectivity index (χ1n) is 14.2. The van der Waals surface area contributed by atoms with Crippen molar-refractivity contribution in [2.45, 2.75) is 71.0 Å². The van der Waals surface area contributed by atoms with Crippen molar-refractivity contribution in [1.82, 2.24) is 10.2 Å². The summed E-state index contributed by atoms with van der Waals surface area (Å²) in [6, 6.07) is 17.5. The molecule has 0 heterocycles. The Labute approximate surface area is 248 Å². The summed E-state index contributed by atoms with van der Waals surface area (Å²) >= 11 is 0. The molecule has 0 saturated heterocycles. The van der Waals surface area contributed by atoms with Crippen LogP contribution in [-0.4, -0.2) is 50.4 Å². The summed E-state index contributed by atoms with van der Waals surface area (Å²) in [5.41, 5.74) is 2.03. The van der Waals surface area contributed by atoms with Gasteiger partial charge < -0.3 is 15.0 Å². The van der Waals surface area contributed by atoms with E-state index in [1.165, 1.54) is 4.90 Å². The van der Waals surface area contributed by atoms with Crippen LogP contribution >= 0.6 is 0 Å². The number of amides is 2. The summed E-state index contributed by atoms with van der Waals surface area (Å²) in [5.74, 6) is -0.898. The van der Waals surface area contributed by atoms with Gasteiger partial charge in [0.15, 0.2) is 0 Å². The van der Waals surface area contributed by atoms with E-state index >= 15 is 0 Å². The molecular weight excluding hydrogens is 557 g/mol. The average Bonchev–Trinajstić information content (AvgIpc) is 2.96. The van der Waals surface area contributed by atoms with E-state index in [2.05, 4.69) is 5.32 Å². The van der Waals surface area contributed by atoms with Gasteiger partial charge in [-0.15, -0.1) is 0 Å². The minimum Gasteiger partial charge on any atom is -0.494 e. The van der Waals surface area contributed by atoms with Gasteiger partial charge in [-0.05, 0) is 87.7 Å². The molecule has 0 fully saturated rings. The zero-order chi connectivity index (χ0) is 30.9. The highest BCUT2D eigenvalue weighted by atomic mass is 32.2. The molecule has 0 aliphatic rings. The molecule has 3 aromatic carbocycles. The van der Waals surface area contributed by atoms with Gasteiger partial charge in [0.25, 0.3) is 10.0 Å². The number of halogens is 1. The normalized spacial score (nSPS) is 12.7. The fraction of sp³-hybridized carbons (Fsp3) is 0.375. The summed E-state index contributed by atoms with van der Waals surface area (Å²) < 4.78 is 47.9. The largest absolute Gasteiger partial charge is 0.494 e. The van der Waals surface area contributed by atoms with Crippen LogP contribution in [0.2, 0.25) is 0 Å². The highest BCUT2D eigenvalue weighted by Crippen LogP contribution is 2.27. The number of carbonyl (C=O) groups is 2. The molecule has 0 aliphatic carbocycles. The number of nitrogens with one attached hydrogen (secondary N) is 1. The highest BCUT2D eigenvalue weighted by molar-refractivity contribution is 7.92. The number of nitrogens with zero attached hydrogens (tertiary/aromatic N) is 2. The van der Waals surface area contributed by atoms with Gasteiger partial charge in [-0.1, -0.05) is 43.7 Å². The Hall–Kier alpha value is -3.92. The molecule has 3 aromatic rings. The molecule has 0 aliphatic heterocycles. The van der Waals surface area contributed by atoms with Crippen molar-refractivity contribution in [2.75, 3.05) is 17.5 Å². The standard InChI is InChI=1S/C32H40FN3O5S/c1-6-24(5)34-32(38)30(7-2)35(21-25-11-9-10-23(4)20-25)31(37)22-36(27-14-16-28(17-15-27)41-8-3)42(39,40)29-18-12-26(33)13-19-29/h9-20,24,30H,6-8,21-22H2,1-5H3,(H,34,38)/t24-,30-/m0/s1. The first-order valence-corrected chi connectivity index (χ1v) is 15.6. The molecule has 0 unspecified atom stereocenters. The quantitative estimate of drug-likeness (QED) is 0.267. The Morgan fingerprint density at radius 2 is 1.62 bits per heavy atom. The number of benzene rings is 3. The first-order chi connectivity index (χ1) is 20.0. The Balaban J connectivity index is 2.06. The SMILES string of the molecule is CCOc1ccc(N(CC(=O)N(Cc2cccc(C)c2)[C@@H](CC)C(=O)N[C@@H](C)CC)S(=O)(=O)c2ccc(F)cc2)cc1. The minimum absolute atomic E-state index is 0.0957. The molecule has 2 atom stereocenters. The summed E-state index contributed by atoms with van der Waals surface area (Å²) in [6.07, 6.45) is 1.04. The van der Waals surface area contributed by atoms with E-state index in [1.807, 2.05) is 58.9 Å². The van der Waals surface area contributed by atoms with Gasteiger partial charge in [-0.2, -0.15) is 0 Å². The number of hydrogen-bond donors (Lipinski definition) is 1. The van der Waals surface area contributed by atoms with Crippen LogP contribution < -0.4 is 14.4 Å². The number of sulfonamides is 1. The van der Waals surface area contributed by atoms with E-state index in [0.29, 0.717) is 18.8 Å². The van der Waals surface area contributed by atoms with Crippen LogP contribution in [0, 0.1) is 12.7 Å². The van der Waals surface area contributed by atoms with Gasteiger partial charge in [0.05, 0.1) is 17.2 Å². The maximum absolute atomic E-state index is 14.1. The second-order valence-corrected chi connectivity index (χ2v) is 12.0. The van der Waals surface area contributed by atoms with Crippen LogP contribution in [0.25, 0.3) is 0 Å². The zero-order valence-electron chi connectivity index (χ0n) is 24.8. The lowest BCUT2D eigenvalue weighted by atomic mass is 10.1. The number of aryl methyl sites for hydroxylation is 1. The molecule has 0 radical (unpaired) electrons. The first kappa shape index (κ1) is 32.6. The van der Waals surface area contributed by atoms with Gasteiger partial charge in [-0.3, -0.25) is 13.9 Å². The molecule has 0 spiro atoms. The van der Waals surface area contributed by atoms with Gasteiger partial charge in [-0.25, -0.2) is 12.8 Å². The summed E-state index contributed by atoms with van der Waals surface area (Å²) in [7, 11) is -4.30. The summed E-state index contributed by atoms with van der Waals surface area (Å²) in [6.45, 7) is 9.40. The molecule has 0 aromatic heterocycles. The van der Waals surface area contributed by atoms with Crippen LogP contribution in [0.4, 0.5) is 10.1 Å². The van der Waals surface area contributed by atoms with E-state index in [0.717, 1.165) is 46.1 Å². The molecule has 226 valence electrons. The molecule has 0 saturated carbocycles. The van der Waals surface area contributed by atoms with Crippen molar-refractivity contribution >= 4 is 27.5 Å². The molecule has 1 N–H and O–H groups in total. The van der Waals surface area contributed by atoms with Crippen molar-refractivity contribution in [3.63, 3.8) is 0 Å². The van der Waals surface area contributed by atoms with Crippen molar-refractivity contribution < 1.29 is 27.1 Å². The Morgan fingerprint density at radius 3 is 2.19 bits per heavy atom. The summed E-state index contributed by atoms with van der Waals surface area (Å²) in [4.78, 5) is 28.8. The maximum atomic E-state index is 14.1. The van der Waals surface area contributed by atoms with Gasteiger partial charge in [0.2, 0.25) is 11.8 Å². The minimum atomic E-state index is -4.30. The highest BCUT2D eigenvalue weighted by Gasteiger charge is 2.34. The van der Waals surface area contributed by atoms with Gasteiger partial charge in [0.1, 0.15) is 24.2 Å². The van der Waals surface area contributed by atoms with Crippen LogP contribution in [0.15, 0.2) is 77.7 Å². The Morgan fingerprint density at radius 1 is 0.952 bits per heavy atom. The Kier molecular flexibility index (Phi) is 11.5. The third-order valence-electron chi connectivity index (χ3n) is 6.94. The molecule has 8 nitrogen and oxygen atoms in total. The van der Waals surface area contributed by atoms with Crippen LogP contribution in [0.1, 0.15) is 51.7 Å². The molecule has 3 rings (SSSR count). The van der Waals surface area contributed by atoms with Crippen molar-refractivity contribution in [2.24, 2.45) is 0 Å². The monoisotopic (exact) mass is 597 g/mol. The topological polar surface area (TPSA) is 96.0 Å². The van der Waals surface area contributed by atoms with Crippen molar-refractivity contribution in [3.05, 3.63) is 89.7 Å². The predicted octanol–water partition coefficient (Wildman–Crippen LogP) is 5.45. The molecule has 42 heavy (non-hydrogen) atoms. The van der Waals surface area contributed by atoms with Crippen LogP contribution in [0.5, 0.6) is 5.75 Å². The smallest absolute Gasteiger partial charge is 0.264 e. The van der Waals surface area contributed by atoms with E-state index < -0.39 is 34.3 Å². The third kappa shape index (κ3) is 8.31. The number of carbonyl (C=O) groups excluding carboxylic acids is 2. The van der Waals surface area contributed by atoms with E-state index in [4.69, 9.17) is 4.74 Å². The number of ether oxygens (including phenoxy) is 1. The lowest BCUT2D eigenvalue weighted by Gasteiger charge is -2.33. The van der Waals surface area contributed by atoms with E-state index in [1.54, 1.807) is 24.3 Å². The fourth-order valence-electron chi connectivity index (χ4n) is 4.51. The number of hydrogen-bond acceptors (Lipinski definition) is 5. The van der Waals surface area contributed by atoms with Crippen molar-refractivity contribution in [3.8, 4) is 5.75 Å². The molecule has 0 bridgehead atoms. The zero-order valence-corrected chi connectivity index (χ0v) is 25.7. The number of rotatable bonds is 14. The van der Waals surface area contributed by atoms with E-state index in [-0.39, 0.29) is 29.1 Å². The van der Waals surface area contributed by atoms with Crippen LogP contribution in [0.3, 0.4) is 0 Å². The maximum Gasteiger partial charge on any atom is 0.264 e. The molecule has 2 amide bonds. The Bertz CT molecular complexity index is 1450. The fourth-order valence-corrected chi connectivity index (χ4v) is 5.92. The second kappa shape index (κ2) is 14.8. The third-order valence-corrected chi connectivity index (χ3v) is 8.73. The van der Waals surface area contributed by atoms with Gasteiger partial charge in [0, 0.05) is 12.6 Å². The average molecular weight is 598 g/mol. The molecule has 10 heteroatoms. The van der Waals surface area contributed by atoms with Gasteiger partial charge >= 0.3 is 0 Å². The van der Waals surface area contributed by atoms with E-state index in [9.17, 15) is 22.4 Å².